The zero-order valence-corrected chi connectivity index (χ0v) is 12.7. The van der Waals surface area contributed by atoms with Gasteiger partial charge in [0.05, 0.1) is 0 Å². The molecule has 0 saturated carbocycles. The van der Waals surface area contributed by atoms with Crippen LogP contribution in [0.2, 0.25) is 0 Å². The highest BCUT2D eigenvalue weighted by Crippen LogP contribution is 2.36. The van der Waals surface area contributed by atoms with Crippen LogP contribution in [0.25, 0.3) is 21.2 Å². The van der Waals surface area contributed by atoms with Crippen LogP contribution < -0.4 is 5.32 Å². The Morgan fingerprint density at radius 2 is 1.80 bits per heavy atom. The summed E-state index contributed by atoms with van der Waals surface area (Å²) in [5.41, 5.74) is 4.06. The minimum absolute atomic E-state index is 0.367. The van der Waals surface area contributed by atoms with Crippen LogP contribution >= 0.6 is 11.3 Å². The molecule has 1 nitrogen and oxygen atoms in total. The summed E-state index contributed by atoms with van der Waals surface area (Å²) in [6, 6.07) is 17.9. The molecular formula is C18H19NS. The Kier molecular flexibility index (Phi) is 3.86. The molecule has 3 rings (SSSR count). The Bertz CT molecular complexity index is 714. The molecule has 0 saturated heterocycles. The molecule has 3 aromatic rings. The molecule has 2 heteroatoms. The van der Waals surface area contributed by atoms with Crippen molar-refractivity contribution < 1.29 is 0 Å². The van der Waals surface area contributed by atoms with Crippen LogP contribution in [0.3, 0.4) is 0 Å². The highest BCUT2D eigenvalue weighted by Gasteiger charge is 2.13. The summed E-state index contributed by atoms with van der Waals surface area (Å²) in [6.45, 7) is 5.37. The van der Waals surface area contributed by atoms with Gasteiger partial charge in [0.2, 0.25) is 0 Å². The van der Waals surface area contributed by atoms with Gasteiger partial charge in [0.15, 0.2) is 0 Å². The minimum Gasteiger partial charge on any atom is -0.310 e. The molecule has 1 aromatic heterocycles. The number of thiophene rings is 1. The zero-order chi connectivity index (χ0) is 13.9. The second-order valence-corrected chi connectivity index (χ2v) is 5.93. The molecular weight excluding hydrogens is 262 g/mol. The van der Waals surface area contributed by atoms with Gasteiger partial charge in [0.25, 0.3) is 0 Å². The van der Waals surface area contributed by atoms with Crippen LogP contribution in [0.4, 0.5) is 0 Å². The van der Waals surface area contributed by atoms with Crippen LogP contribution in [0.5, 0.6) is 0 Å². The van der Waals surface area contributed by atoms with E-state index in [1.807, 2.05) is 11.3 Å². The Morgan fingerprint density at radius 1 is 1.00 bits per heavy atom. The van der Waals surface area contributed by atoms with Gasteiger partial charge in [0.1, 0.15) is 0 Å². The van der Waals surface area contributed by atoms with Crippen molar-refractivity contribution in [2.24, 2.45) is 0 Å². The van der Waals surface area contributed by atoms with E-state index in [1.165, 1.54) is 26.8 Å². The number of hydrogen-bond donors (Lipinski definition) is 1. The summed E-state index contributed by atoms with van der Waals surface area (Å²) >= 11 is 1.82. The average Bonchev–Trinajstić information content (AvgIpc) is 2.96. The molecule has 102 valence electrons. The van der Waals surface area contributed by atoms with E-state index in [1.54, 1.807) is 0 Å². The lowest BCUT2D eigenvalue weighted by molar-refractivity contribution is 0.599. The first-order valence-electron chi connectivity index (χ1n) is 7.10. The highest BCUT2D eigenvalue weighted by atomic mass is 32.1. The van der Waals surface area contributed by atoms with Crippen LogP contribution in [0.1, 0.15) is 25.5 Å². The third-order valence-corrected chi connectivity index (χ3v) is 4.67. The van der Waals surface area contributed by atoms with Crippen molar-refractivity contribution in [3.63, 3.8) is 0 Å². The smallest absolute Gasteiger partial charge is 0.0421 e. The van der Waals surface area contributed by atoms with Crippen molar-refractivity contribution in [2.45, 2.75) is 19.9 Å². The summed E-state index contributed by atoms with van der Waals surface area (Å²) in [7, 11) is 0. The molecule has 1 N–H and O–H groups in total. The zero-order valence-electron chi connectivity index (χ0n) is 11.9. The molecule has 2 aromatic carbocycles. The van der Waals surface area contributed by atoms with Crippen LogP contribution in [0.15, 0.2) is 53.9 Å². The maximum atomic E-state index is 3.52. The van der Waals surface area contributed by atoms with Gasteiger partial charge in [-0.1, -0.05) is 49.4 Å². The monoisotopic (exact) mass is 281 g/mol. The van der Waals surface area contributed by atoms with E-state index in [2.05, 4.69) is 73.1 Å². The molecule has 0 aliphatic heterocycles. The summed E-state index contributed by atoms with van der Waals surface area (Å²) < 4.78 is 1.38. The number of fused-ring (bicyclic) bond motifs is 1. The van der Waals surface area contributed by atoms with Gasteiger partial charge < -0.3 is 5.32 Å². The molecule has 1 heterocycles. The average molecular weight is 281 g/mol. The number of nitrogens with one attached hydrogen (secondary N) is 1. The maximum Gasteiger partial charge on any atom is 0.0421 e. The SMILES string of the molecule is CCNC(C)c1ccccc1-c1cccc2ccsc12. The molecule has 0 amide bonds. The standard InChI is InChI=1S/C18H19NS/c1-3-19-13(2)15-8-4-5-9-16(15)17-10-6-7-14-11-12-20-18(14)17/h4-13,19H,3H2,1-2H3. The Balaban J connectivity index is 2.17. The molecule has 0 fully saturated rings. The lowest BCUT2D eigenvalue weighted by Gasteiger charge is -2.17. The fraction of sp³-hybridized carbons (Fsp3) is 0.222. The van der Waals surface area contributed by atoms with Crippen molar-refractivity contribution in [3.05, 3.63) is 59.5 Å². The van der Waals surface area contributed by atoms with Gasteiger partial charge in [-0.05, 0) is 47.0 Å². The Morgan fingerprint density at radius 3 is 2.65 bits per heavy atom. The highest BCUT2D eigenvalue weighted by molar-refractivity contribution is 7.17. The van der Waals surface area contributed by atoms with Crippen LogP contribution in [-0.2, 0) is 0 Å². The second kappa shape index (κ2) is 5.78. The predicted molar refractivity (Wildman–Crippen MR) is 89.4 cm³/mol. The van der Waals surface area contributed by atoms with E-state index in [0.717, 1.165) is 6.54 Å². The van der Waals surface area contributed by atoms with E-state index in [9.17, 15) is 0 Å². The molecule has 1 unspecified atom stereocenters. The molecule has 1 atom stereocenters. The summed E-state index contributed by atoms with van der Waals surface area (Å²) in [5, 5.41) is 7.02. The first-order valence-corrected chi connectivity index (χ1v) is 7.98. The lowest BCUT2D eigenvalue weighted by Crippen LogP contribution is -2.18. The summed E-state index contributed by atoms with van der Waals surface area (Å²) in [5.74, 6) is 0. The van der Waals surface area contributed by atoms with Gasteiger partial charge in [-0.25, -0.2) is 0 Å². The quantitative estimate of drug-likeness (QED) is 0.689. The van der Waals surface area contributed by atoms with Gasteiger partial charge in [-0.2, -0.15) is 0 Å². The van der Waals surface area contributed by atoms with Crippen molar-refractivity contribution in [1.29, 1.82) is 0 Å². The van der Waals surface area contributed by atoms with Crippen molar-refractivity contribution in [2.75, 3.05) is 6.54 Å². The van der Waals surface area contributed by atoms with E-state index in [-0.39, 0.29) is 0 Å². The van der Waals surface area contributed by atoms with Gasteiger partial charge in [-0.15, -0.1) is 11.3 Å². The Labute approximate surface area is 124 Å². The summed E-state index contributed by atoms with van der Waals surface area (Å²) in [6.07, 6.45) is 0. The Hall–Kier alpha value is -1.64. The van der Waals surface area contributed by atoms with Crippen molar-refractivity contribution in [3.8, 4) is 11.1 Å². The van der Waals surface area contributed by atoms with Crippen molar-refractivity contribution >= 4 is 21.4 Å². The molecule has 0 spiro atoms. The molecule has 0 aliphatic rings. The number of hydrogen-bond acceptors (Lipinski definition) is 2. The number of rotatable bonds is 4. The molecule has 20 heavy (non-hydrogen) atoms. The van der Waals surface area contributed by atoms with Crippen molar-refractivity contribution in [1.82, 2.24) is 5.32 Å². The minimum atomic E-state index is 0.367. The van der Waals surface area contributed by atoms with Gasteiger partial charge in [-0.3, -0.25) is 0 Å². The maximum absolute atomic E-state index is 3.52. The first kappa shape index (κ1) is 13.3. The number of benzene rings is 2. The fourth-order valence-corrected chi connectivity index (χ4v) is 3.67. The van der Waals surface area contributed by atoms with Gasteiger partial charge in [0, 0.05) is 10.7 Å². The summed E-state index contributed by atoms with van der Waals surface area (Å²) in [4.78, 5) is 0. The van der Waals surface area contributed by atoms with Crippen LogP contribution in [0, 0.1) is 0 Å². The van der Waals surface area contributed by atoms with E-state index in [4.69, 9.17) is 0 Å². The lowest BCUT2D eigenvalue weighted by atomic mass is 9.95. The topological polar surface area (TPSA) is 12.0 Å². The predicted octanol–water partition coefficient (Wildman–Crippen LogP) is 5.24. The van der Waals surface area contributed by atoms with Gasteiger partial charge >= 0.3 is 0 Å². The second-order valence-electron chi connectivity index (χ2n) is 5.01. The molecule has 0 radical (unpaired) electrons. The molecule has 0 aliphatic carbocycles. The largest absolute Gasteiger partial charge is 0.310 e. The van der Waals surface area contributed by atoms with E-state index >= 15 is 0 Å². The van der Waals surface area contributed by atoms with Crippen LogP contribution in [-0.4, -0.2) is 6.54 Å². The third-order valence-electron chi connectivity index (χ3n) is 3.71. The first-order chi connectivity index (χ1) is 9.81. The molecule has 0 bridgehead atoms. The van der Waals surface area contributed by atoms with E-state index < -0.39 is 0 Å². The normalized spacial score (nSPS) is 12.7. The fourth-order valence-electron chi connectivity index (χ4n) is 2.74. The third kappa shape index (κ3) is 2.37. The van der Waals surface area contributed by atoms with E-state index in [0.29, 0.717) is 6.04 Å².